The lowest BCUT2D eigenvalue weighted by Gasteiger charge is -2.13. The summed E-state index contributed by atoms with van der Waals surface area (Å²) in [6.45, 7) is 0.731. The maximum Gasteiger partial charge on any atom is 0.261 e. The van der Waals surface area contributed by atoms with E-state index < -0.39 is 0 Å². The zero-order chi connectivity index (χ0) is 18.5. The second kappa shape index (κ2) is 7.82. The molecule has 134 valence electrons. The first-order valence-corrected chi connectivity index (χ1v) is 8.56. The summed E-state index contributed by atoms with van der Waals surface area (Å²) in [5, 5.41) is 12.1. The molecule has 0 atom stereocenters. The van der Waals surface area contributed by atoms with E-state index in [2.05, 4.69) is 5.32 Å². The van der Waals surface area contributed by atoms with E-state index in [1.54, 1.807) is 36.4 Å². The number of benzene rings is 2. The fourth-order valence-corrected chi connectivity index (χ4v) is 2.94. The Balaban J connectivity index is 1.40. The number of carbonyl (C=O) groups excluding carboxylic acids is 3. The van der Waals surface area contributed by atoms with Crippen LogP contribution in [0.3, 0.4) is 0 Å². The number of hydrogen-bond donors (Lipinski definition) is 2. The van der Waals surface area contributed by atoms with E-state index in [1.165, 1.54) is 4.90 Å². The highest BCUT2D eigenvalue weighted by Crippen LogP contribution is 2.22. The largest absolute Gasteiger partial charge is 0.508 e. The standard InChI is InChI=1S/C20H20N2O4/c23-15-9-7-14(8-10-15)11-12-21-18(24)6-3-13-22-19(25)16-4-1-2-5-17(16)20(22)26/h1-2,4-5,7-10,23H,3,6,11-13H2,(H,21,24). The number of amides is 3. The van der Waals surface area contributed by atoms with Gasteiger partial charge in [0.15, 0.2) is 0 Å². The highest BCUT2D eigenvalue weighted by atomic mass is 16.3. The predicted molar refractivity (Wildman–Crippen MR) is 95.9 cm³/mol. The summed E-state index contributed by atoms with van der Waals surface area (Å²) in [5.74, 6) is -0.483. The molecule has 0 spiro atoms. The molecule has 6 heteroatoms. The SMILES string of the molecule is O=C(CCCN1C(=O)c2ccccc2C1=O)NCCc1ccc(O)cc1. The van der Waals surface area contributed by atoms with Gasteiger partial charge in [0.05, 0.1) is 11.1 Å². The van der Waals surface area contributed by atoms with Gasteiger partial charge in [0.2, 0.25) is 5.91 Å². The number of nitrogens with one attached hydrogen (secondary N) is 1. The minimum atomic E-state index is -0.293. The Kier molecular flexibility index (Phi) is 5.31. The molecular formula is C20H20N2O4. The molecule has 3 amide bonds. The van der Waals surface area contributed by atoms with Crippen LogP contribution in [0, 0.1) is 0 Å². The molecule has 0 fully saturated rings. The van der Waals surface area contributed by atoms with E-state index in [1.807, 2.05) is 12.1 Å². The summed E-state index contributed by atoms with van der Waals surface area (Å²) in [7, 11) is 0. The van der Waals surface area contributed by atoms with Gasteiger partial charge < -0.3 is 10.4 Å². The van der Waals surface area contributed by atoms with Crippen LogP contribution >= 0.6 is 0 Å². The molecule has 1 aliphatic heterocycles. The van der Waals surface area contributed by atoms with Crippen LogP contribution in [0.15, 0.2) is 48.5 Å². The van der Waals surface area contributed by atoms with Crippen LogP contribution in [0.2, 0.25) is 0 Å². The van der Waals surface area contributed by atoms with Crippen LogP contribution in [0.5, 0.6) is 5.75 Å². The second-order valence-electron chi connectivity index (χ2n) is 6.18. The van der Waals surface area contributed by atoms with E-state index in [-0.39, 0.29) is 36.4 Å². The minimum absolute atomic E-state index is 0.111. The third-order valence-corrected chi connectivity index (χ3v) is 4.34. The molecule has 0 radical (unpaired) electrons. The Morgan fingerprint density at radius 1 is 0.962 bits per heavy atom. The first-order chi connectivity index (χ1) is 12.6. The van der Waals surface area contributed by atoms with Crippen molar-refractivity contribution in [2.75, 3.05) is 13.1 Å². The summed E-state index contributed by atoms with van der Waals surface area (Å²) in [6, 6.07) is 13.6. The number of aromatic hydroxyl groups is 1. The molecule has 2 aromatic carbocycles. The number of phenolic OH excluding ortho intramolecular Hbond substituents is 1. The Morgan fingerprint density at radius 3 is 2.19 bits per heavy atom. The Morgan fingerprint density at radius 2 is 1.58 bits per heavy atom. The number of imide groups is 1. The summed E-state index contributed by atoms with van der Waals surface area (Å²) >= 11 is 0. The van der Waals surface area contributed by atoms with Gasteiger partial charge in [0.1, 0.15) is 5.75 Å². The highest BCUT2D eigenvalue weighted by molar-refractivity contribution is 6.21. The highest BCUT2D eigenvalue weighted by Gasteiger charge is 2.34. The van der Waals surface area contributed by atoms with Gasteiger partial charge in [0.25, 0.3) is 11.8 Å². The molecule has 1 heterocycles. The van der Waals surface area contributed by atoms with Gasteiger partial charge in [-0.2, -0.15) is 0 Å². The fraction of sp³-hybridized carbons (Fsp3) is 0.250. The van der Waals surface area contributed by atoms with Crippen molar-refractivity contribution < 1.29 is 19.5 Å². The monoisotopic (exact) mass is 352 g/mol. The van der Waals surface area contributed by atoms with Crippen LogP contribution in [0.4, 0.5) is 0 Å². The third-order valence-electron chi connectivity index (χ3n) is 4.34. The van der Waals surface area contributed by atoms with E-state index in [4.69, 9.17) is 0 Å². The number of phenols is 1. The van der Waals surface area contributed by atoms with E-state index >= 15 is 0 Å². The summed E-state index contributed by atoms with van der Waals surface area (Å²) < 4.78 is 0. The van der Waals surface area contributed by atoms with Crippen molar-refractivity contribution >= 4 is 17.7 Å². The van der Waals surface area contributed by atoms with Crippen LogP contribution in [-0.4, -0.2) is 40.8 Å². The van der Waals surface area contributed by atoms with Crippen LogP contribution in [0.25, 0.3) is 0 Å². The van der Waals surface area contributed by atoms with Crippen LogP contribution in [-0.2, 0) is 11.2 Å². The summed E-state index contributed by atoms with van der Waals surface area (Å²) in [5.41, 5.74) is 1.88. The molecule has 2 N–H and O–H groups in total. The average Bonchev–Trinajstić information content (AvgIpc) is 2.89. The lowest BCUT2D eigenvalue weighted by Crippen LogP contribution is -2.32. The molecule has 0 saturated carbocycles. The Labute approximate surface area is 151 Å². The number of nitrogens with zero attached hydrogens (tertiary/aromatic N) is 1. The maximum absolute atomic E-state index is 12.2. The molecule has 0 saturated heterocycles. The molecule has 3 rings (SSSR count). The van der Waals surface area contributed by atoms with Gasteiger partial charge >= 0.3 is 0 Å². The van der Waals surface area contributed by atoms with Gasteiger partial charge in [0, 0.05) is 19.5 Å². The summed E-state index contributed by atoms with van der Waals surface area (Å²) in [4.78, 5) is 37.6. The average molecular weight is 352 g/mol. The van der Waals surface area contributed by atoms with Crippen molar-refractivity contribution in [3.8, 4) is 5.75 Å². The second-order valence-corrected chi connectivity index (χ2v) is 6.18. The number of hydrogen-bond acceptors (Lipinski definition) is 4. The predicted octanol–water partition coefficient (Wildman–Crippen LogP) is 2.13. The van der Waals surface area contributed by atoms with Crippen molar-refractivity contribution in [2.45, 2.75) is 19.3 Å². The number of carbonyl (C=O) groups is 3. The van der Waals surface area contributed by atoms with E-state index in [0.29, 0.717) is 30.5 Å². The van der Waals surface area contributed by atoms with E-state index in [0.717, 1.165) is 5.56 Å². The third kappa shape index (κ3) is 3.91. The van der Waals surface area contributed by atoms with Crippen molar-refractivity contribution in [2.24, 2.45) is 0 Å². The normalized spacial score (nSPS) is 13.0. The Bertz CT molecular complexity index is 795. The maximum atomic E-state index is 12.2. The van der Waals surface area contributed by atoms with Crippen molar-refractivity contribution in [1.29, 1.82) is 0 Å². The lowest BCUT2D eigenvalue weighted by molar-refractivity contribution is -0.121. The quantitative estimate of drug-likeness (QED) is 0.748. The zero-order valence-electron chi connectivity index (χ0n) is 14.3. The van der Waals surface area contributed by atoms with Gasteiger partial charge in [-0.3, -0.25) is 19.3 Å². The molecule has 2 aromatic rings. The van der Waals surface area contributed by atoms with Gasteiger partial charge in [-0.1, -0.05) is 24.3 Å². The van der Waals surface area contributed by atoms with Gasteiger partial charge in [-0.15, -0.1) is 0 Å². The topological polar surface area (TPSA) is 86.7 Å². The van der Waals surface area contributed by atoms with Crippen molar-refractivity contribution in [1.82, 2.24) is 10.2 Å². The van der Waals surface area contributed by atoms with Gasteiger partial charge in [-0.05, 0) is 42.7 Å². The first kappa shape index (κ1) is 17.7. The molecule has 0 aromatic heterocycles. The van der Waals surface area contributed by atoms with E-state index in [9.17, 15) is 19.5 Å². The molecule has 0 bridgehead atoms. The van der Waals surface area contributed by atoms with Crippen molar-refractivity contribution in [3.05, 3.63) is 65.2 Å². The van der Waals surface area contributed by atoms with Crippen molar-refractivity contribution in [3.63, 3.8) is 0 Å². The molecule has 26 heavy (non-hydrogen) atoms. The van der Waals surface area contributed by atoms with Crippen LogP contribution in [0.1, 0.15) is 39.1 Å². The number of fused-ring (bicyclic) bond motifs is 1. The summed E-state index contributed by atoms with van der Waals surface area (Å²) in [6.07, 6.45) is 1.35. The first-order valence-electron chi connectivity index (χ1n) is 8.56. The molecule has 0 unspecified atom stereocenters. The smallest absolute Gasteiger partial charge is 0.261 e. The molecule has 0 aliphatic carbocycles. The minimum Gasteiger partial charge on any atom is -0.508 e. The molecule has 1 aliphatic rings. The number of rotatable bonds is 7. The zero-order valence-corrected chi connectivity index (χ0v) is 14.3. The van der Waals surface area contributed by atoms with Gasteiger partial charge in [-0.25, -0.2) is 0 Å². The molecular weight excluding hydrogens is 332 g/mol. The Hall–Kier alpha value is -3.15. The fourth-order valence-electron chi connectivity index (χ4n) is 2.94. The lowest BCUT2D eigenvalue weighted by atomic mass is 10.1. The van der Waals surface area contributed by atoms with Crippen LogP contribution < -0.4 is 5.32 Å². The molecule has 6 nitrogen and oxygen atoms in total.